The lowest BCUT2D eigenvalue weighted by molar-refractivity contribution is -0.387. The molecule has 2 atom stereocenters. The number of hydrogen-bond donors (Lipinski definition) is 3. The van der Waals surface area contributed by atoms with Gasteiger partial charge in [-0.1, -0.05) is 0 Å². The van der Waals surface area contributed by atoms with E-state index < -0.39 is 46.6 Å². The maximum absolute atomic E-state index is 13.3. The molecule has 6 nitrogen and oxygen atoms in total. The van der Waals surface area contributed by atoms with Gasteiger partial charge in [-0.15, -0.1) is 0 Å². The van der Waals surface area contributed by atoms with Crippen LogP contribution in [0.4, 0.5) is 14.5 Å². The second-order valence-electron chi connectivity index (χ2n) is 3.28. The number of hydrogen-bond acceptors (Lipinski definition) is 5. The normalized spacial score (nSPS) is 14.4. The van der Waals surface area contributed by atoms with Crippen LogP contribution in [0.2, 0.25) is 0 Å². The predicted octanol–water partition coefficient (Wildman–Crippen LogP) is 0.260. The molecule has 0 aliphatic carbocycles. The van der Waals surface area contributed by atoms with Crippen LogP contribution < -0.4 is 0 Å². The quantitative estimate of drug-likeness (QED) is 0.524. The van der Waals surface area contributed by atoms with Crippen molar-refractivity contribution >= 4 is 5.69 Å². The Kier molecular flexibility index (Phi) is 4.05. The zero-order chi connectivity index (χ0) is 13.2. The molecule has 0 radical (unpaired) electrons. The first kappa shape index (κ1) is 13.4. The Morgan fingerprint density at radius 3 is 2.35 bits per heavy atom. The molecule has 2 unspecified atom stereocenters. The third-order valence-electron chi connectivity index (χ3n) is 2.13. The monoisotopic (exact) mass is 249 g/mol. The number of nitrogens with zero attached hydrogens (tertiary/aromatic N) is 1. The highest BCUT2D eigenvalue weighted by Gasteiger charge is 2.25. The van der Waals surface area contributed by atoms with E-state index in [1.807, 2.05) is 0 Å². The Morgan fingerprint density at radius 1 is 1.29 bits per heavy atom. The van der Waals surface area contributed by atoms with E-state index in [1.54, 1.807) is 0 Å². The second kappa shape index (κ2) is 5.13. The first-order valence-corrected chi connectivity index (χ1v) is 4.48. The van der Waals surface area contributed by atoms with Gasteiger partial charge in [0.05, 0.1) is 17.6 Å². The second-order valence-corrected chi connectivity index (χ2v) is 3.28. The predicted molar refractivity (Wildman–Crippen MR) is 51.1 cm³/mol. The number of benzene rings is 1. The summed E-state index contributed by atoms with van der Waals surface area (Å²) in [6.07, 6.45) is -3.57. The molecule has 0 amide bonds. The van der Waals surface area contributed by atoms with Crippen molar-refractivity contribution in [2.24, 2.45) is 0 Å². The molecular formula is C9H9F2NO5. The lowest BCUT2D eigenvalue weighted by Gasteiger charge is -2.16. The van der Waals surface area contributed by atoms with E-state index in [1.165, 1.54) is 0 Å². The Bertz CT molecular complexity index is 440. The minimum Gasteiger partial charge on any atom is -0.394 e. The topological polar surface area (TPSA) is 104 Å². The fraction of sp³-hybridized carbons (Fsp3) is 0.333. The Balaban J connectivity index is 3.20. The third-order valence-corrected chi connectivity index (χ3v) is 2.13. The van der Waals surface area contributed by atoms with Gasteiger partial charge in [-0.3, -0.25) is 10.1 Å². The molecule has 0 aliphatic rings. The summed E-state index contributed by atoms with van der Waals surface area (Å²) in [5, 5.41) is 37.2. The van der Waals surface area contributed by atoms with Crippen molar-refractivity contribution in [2.45, 2.75) is 12.2 Å². The van der Waals surface area contributed by atoms with E-state index in [0.717, 1.165) is 0 Å². The van der Waals surface area contributed by atoms with Crippen molar-refractivity contribution in [3.8, 4) is 0 Å². The molecular weight excluding hydrogens is 240 g/mol. The average molecular weight is 249 g/mol. The summed E-state index contributed by atoms with van der Waals surface area (Å²) in [6, 6.07) is 0.717. The molecule has 17 heavy (non-hydrogen) atoms. The van der Waals surface area contributed by atoms with Crippen LogP contribution in [-0.4, -0.2) is 33.0 Å². The van der Waals surface area contributed by atoms with E-state index in [-0.39, 0.29) is 0 Å². The molecule has 0 spiro atoms. The van der Waals surface area contributed by atoms with E-state index in [9.17, 15) is 24.0 Å². The van der Waals surface area contributed by atoms with Crippen LogP contribution in [0.5, 0.6) is 0 Å². The fourth-order valence-corrected chi connectivity index (χ4v) is 1.23. The maximum atomic E-state index is 13.3. The molecule has 0 saturated carbocycles. The van der Waals surface area contributed by atoms with Gasteiger partial charge in [-0.25, -0.2) is 4.39 Å². The highest BCUT2D eigenvalue weighted by Crippen LogP contribution is 2.26. The Labute approximate surface area is 93.9 Å². The minimum absolute atomic E-state index is 0.304. The molecule has 0 fully saturated rings. The van der Waals surface area contributed by atoms with Gasteiger partial charge in [-0.2, -0.15) is 4.39 Å². The molecule has 0 aliphatic heterocycles. The SMILES string of the molecule is O=[N+]([O-])c1cc(F)c(C(O)C(O)CO)cc1F. The summed E-state index contributed by atoms with van der Waals surface area (Å²) in [5.74, 6) is -2.58. The van der Waals surface area contributed by atoms with Crippen LogP contribution in [-0.2, 0) is 0 Å². The lowest BCUT2D eigenvalue weighted by Crippen LogP contribution is -2.23. The van der Waals surface area contributed by atoms with Crippen LogP contribution in [0.3, 0.4) is 0 Å². The number of nitro benzene ring substituents is 1. The molecule has 0 heterocycles. The lowest BCUT2D eigenvalue weighted by atomic mass is 10.0. The van der Waals surface area contributed by atoms with Crippen molar-refractivity contribution in [1.29, 1.82) is 0 Å². The molecule has 0 saturated heterocycles. The number of aliphatic hydroxyl groups excluding tert-OH is 3. The zero-order valence-electron chi connectivity index (χ0n) is 8.38. The van der Waals surface area contributed by atoms with Gasteiger partial charge >= 0.3 is 5.69 Å². The number of halogens is 2. The smallest absolute Gasteiger partial charge is 0.307 e. The van der Waals surface area contributed by atoms with Gasteiger partial charge < -0.3 is 15.3 Å². The first-order valence-electron chi connectivity index (χ1n) is 4.48. The molecule has 1 aromatic carbocycles. The fourth-order valence-electron chi connectivity index (χ4n) is 1.23. The Morgan fingerprint density at radius 2 is 1.88 bits per heavy atom. The minimum atomic E-state index is -1.87. The number of nitro groups is 1. The summed E-state index contributed by atoms with van der Waals surface area (Å²) in [4.78, 5) is 9.18. The van der Waals surface area contributed by atoms with Gasteiger partial charge in [-0.05, 0) is 6.07 Å². The van der Waals surface area contributed by atoms with Gasteiger partial charge in [0.25, 0.3) is 0 Å². The zero-order valence-corrected chi connectivity index (χ0v) is 8.38. The largest absolute Gasteiger partial charge is 0.394 e. The number of aliphatic hydroxyl groups is 3. The van der Waals surface area contributed by atoms with Crippen molar-refractivity contribution in [3.05, 3.63) is 39.4 Å². The highest BCUT2D eigenvalue weighted by molar-refractivity contribution is 5.37. The summed E-state index contributed by atoms with van der Waals surface area (Å²) < 4.78 is 26.5. The molecule has 94 valence electrons. The van der Waals surface area contributed by atoms with E-state index in [0.29, 0.717) is 12.1 Å². The number of rotatable bonds is 4. The Hall–Kier alpha value is -1.64. The van der Waals surface area contributed by atoms with Gasteiger partial charge in [0.15, 0.2) is 0 Å². The van der Waals surface area contributed by atoms with Crippen LogP contribution in [0, 0.1) is 21.7 Å². The van der Waals surface area contributed by atoms with Crippen molar-refractivity contribution in [2.75, 3.05) is 6.61 Å². The van der Waals surface area contributed by atoms with Crippen LogP contribution >= 0.6 is 0 Å². The van der Waals surface area contributed by atoms with Gasteiger partial charge in [0, 0.05) is 5.56 Å². The molecule has 0 aromatic heterocycles. The summed E-state index contributed by atoms with van der Waals surface area (Å²) in [6.45, 7) is -0.862. The van der Waals surface area contributed by atoms with Crippen molar-refractivity contribution in [1.82, 2.24) is 0 Å². The summed E-state index contributed by atoms with van der Waals surface area (Å²) in [7, 11) is 0. The summed E-state index contributed by atoms with van der Waals surface area (Å²) >= 11 is 0. The van der Waals surface area contributed by atoms with Crippen LogP contribution in [0.25, 0.3) is 0 Å². The van der Waals surface area contributed by atoms with Crippen LogP contribution in [0.15, 0.2) is 12.1 Å². The van der Waals surface area contributed by atoms with Crippen molar-refractivity contribution in [3.63, 3.8) is 0 Å². The van der Waals surface area contributed by atoms with E-state index in [4.69, 9.17) is 10.2 Å². The van der Waals surface area contributed by atoms with Gasteiger partial charge in [0.2, 0.25) is 5.82 Å². The summed E-state index contributed by atoms with van der Waals surface area (Å²) in [5.41, 5.74) is -1.73. The third kappa shape index (κ3) is 2.73. The molecule has 0 bridgehead atoms. The van der Waals surface area contributed by atoms with Crippen LogP contribution in [0.1, 0.15) is 11.7 Å². The highest BCUT2D eigenvalue weighted by atomic mass is 19.1. The van der Waals surface area contributed by atoms with Crippen molar-refractivity contribution < 1.29 is 29.0 Å². The molecule has 1 aromatic rings. The first-order chi connectivity index (χ1) is 7.88. The average Bonchev–Trinajstić information content (AvgIpc) is 2.29. The van der Waals surface area contributed by atoms with Gasteiger partial charge in [0.1, 0.15) is 18.0 Å². The van der Waals surface area contributed by atoms with E-state index >= 15 is 0 Å². The molecule has 1 rings (SSSR count). The molecule has 8 heteroatoms. The van der Waals surface area contributed by atoms with E-state index in [2.05, 4.69) is 0 Å². The molecule has 3 N–H and O–H groups in total. The maximum Gasteiger partial charge on any atom is 0.307 e. The standard InChI is InChI=1S/C9H9F2NO5/c10-5-2-7(12(16)17)6(11)1-4(5)9(15)8(14)3-13/h1-2,8-9,13-15H,3H2.